The topological polar surface area (TPSA) is 76.1 Å². The lowest BCUT2D eigenvalue weighted by Gasteiger charge is -2.27. The van der Waals surface area contributed by atoms with Crippen LogP contribution in [0, 0.1) is 0 Å². The van der Waals surface area contributed by atoms with E-state index in [1.165, 1.54) is 5.56 Å². The SMILES string of the molecule is COc1nc(-c2cccc3c2OC(CO)CO3)ccc1Nc1ccc(CN(C)C)cc1. The average Bonchev–Trinajstić information content (AvgIpc) is 2.79. The number of hydrogen-bond donors (Lipinski definition) is 2. The summed E-state index contributed by atoms with van der Waals surface area (Å²) < 4.78 is 17.2. The monoisotopic (exact) mass is 421 g/mol. The Morgan fingerprint density at radius 3 is 2.65 bits per heavy atom. The summed E-state index contributed by atoms with van der Waals surface area (Å²) in [6, 6.07) is 17.8. The molecule has 1 aliphatic heterocycles. The summed E-state index contributed by atoms with van der Waals surface area (Å²) in [6.45, 7) is 1.10. The van der Waals surface area contributed by atoms with Crippen LogP contribution in [0.25, 0.3) is 11.3 Å². The van der Waals surface area contributed by atoms with E-state index in [4.69, 9.17) is 14.2 Å². The van der Waals surface area contributed by atoms with E-state index in [2.05, 4.69) is 41.4 Å². The maximum atomic E-state index is 9.45. The summed E-state index contributed by atoms with van der Waals surface area (Å²) in [5.74, 6) is 1.70. The molecule has 0 spiro atoms. The highest BCUT2D eigenvalue weighted by Gasteiger charge is 2.24. The van der Waals surface area contributed by atoms with Crippen LogP contribution in [0.2, 0.25) is 0 Å². The highest BCUT2D eigenvalue weighted by molar-refractivity contribution is 5.75. The largest absolute Gasteiger partial charge is 0.486 e. The Morgan fingerprint density at radius 1 is 1.13 bits per heavy atom. The first kappa shape index (κ1) is 21.0. The fraction of sp³-hybridized carbons (Fsp3) is 0.292. The van der Waals surface area contributed by atoms with Crippen molar-refractivity contribution in [3.8, 4) is 28.6 Å². The van der Waals surface area contributed by atoms with Crippen molar-refractivity contribution < 1.29 is 19.3 Å². The highest BCUT2D eigenvalue weighted by Crippen LogP contribution is 2.41. The van der Waals surface area contributed by atoms with Gasteiger partial charge in [-0.3, -0.25) is 0 Å². The van der Waals surface area contributed by atoms with E-state index >= 15 is 0 Å². The van der Waals surface area contributed by atoms with Gasteiger partial charge in [-0.15, -0.1) is 0 Å². The fourth-order valence-corrected chi connectivity index (χ4v) is 3.48. The molecule has 1 atom stereocenters. The van der Waals surface area contributed by atoms with Crippen LogP contribution in [0.5, 0.6) is 17.4 Å². The maximum Gasteiger partial charge on any atom is 0.238 e. The smallest absolute Gasteiger partial charge is 0.238 e. The second-order valence-electron chi connectivity index (χ2n) is 7.68. The molecule has 0 saturated heterocycles. The van der Waals surface area contributed by atoms with Crippen molar-refractivity contribution in [1.29, 1.82) is 0 Å². The van der Waals surface area contributed by atoms with Crippen molar-refractivity contribution in [1.82, 2.24) is 9.88 Å². The van der Waals surface area contributed by atoms with Crippen molar-refractivity contribution in [3.63, 3.8) is 0 Å². The van der Waals surface area contributed by atoms with Gasteiger partial charge in [-0.25, -0.2) is 4.98 Å². The lowest BCUT2D eigenvalue weighted by atomic mass is 10.1. The van der Waals surface area contributed by atoms with Gasteiger partial charge in [0.2, 0.25) is 5.88 Å². The van der Waals surface area contributed by atoms with E-state index in [-0.39, 0.29) is 6.61 Å². The molecule has 1 aromatic heterocycles. The van der Waals surface area contributed by atoms with E-state index in [0.29, 0.717) is 29.7 Å². The number of nitrogens with zero attached hydrogens (tertiary/aromatic N) is 2. The molecule has 1 unspecified atom stereocenters. The standard InChI is InChI=1S/C24H27N3O4/c1-27(2)13-16-7-9-17(10-8-16)25-21-12-11-20(26-24(21)29-3)19-5-4-6-22-23(19)31-18(14-28)15-30-22/h4-12,18,25,28H,13-15H2,1-3H3. The predicted molar refractivity (Wildman–Crippen MR) is 120 cm³/mol. The normalized spacial score (nSPS) is 15.1. The van der Waals surface area contributed by atoms with Gasteiger partial charge in [0.1, 0.15) is 12.3 Å². The second-order valence-corrected chi connectivity index (χ2v) is 7.68. The van der Waals surface area contributed by atoms with Gasteiger partial charge in [0, 0.05) is 17.8 Å². The number of pyridine rings is 1. The van der Waals surface area contributed by atoms with E-state index in [1.54, 1.807) is 7.11 Å². The number of para-hydroxylation sites is 1. The summed E-state index contributed by atoms with van der Waals surface area (Å²) in [5.41, 5.74) is 4.45. The van der Waals surface area contributed by atoms with Crippen LogP contribution in [0.1, 0.15) is 5.56 Å². The second kappa shape index (κ2) is 9.24. The van der Waals surface area contributed by atoms with Crippen molar-refractivity contribution in [2.75, 3.05) is 39.7 Å². The summed E-state index contributed by atoms with van der Waals surface area (Å²) in [6.07, 6.45) is -0.396. The van der Waals surface area contributed by atoms with Gasteiger partial charge >= 0.3 is 0 Å². The molecule has 2 N–H and O–H groups in total. The Morgan fingerprint density at radius 2 is 1.94 bits per heavy atom. The van der Waals surface area contributed by atoms with E-state index in [0.717, 1.165) is 23.5 Å². The van der Waals surface area contributed by atoms with Gasteiger partial charge < -0.3 is 29.5 Å². The number of benzene rings is 2. The van der Waals surface area contributed by atoms with Gasteiger partial charge in [0.15, 0.2) is 17.6 Å². The lowest BCUT2D eigenvalue weighted by molar-refractivity contribution is 0.0462. The molecule has 0 aliphatic carbocycles. The van der Waals surface area contributed by atoms with Crippen molar-refractivity contribution >= 4 is 11.4 Å². The number of fused-ring (bicyclic) bond motifs is 1. The Balaban J connectivity index is 1.60. The van der Waals surface area contributed by atoms with Crippen molar-refractivity contribution in [2.24, 2.45) is 0 Å². The number of aromatic nitrogens is 1. The number of hydrogen-bond acceptors (Lipinski definition) is 7. The predicted octanol–water partition coefficient (Wildman–Crippen LogP) is 3.69. The average molecular weight is 421 g/mol. The van der Waals surface area contributed by atoms with Gasteiger partial charge in [-0.2, -0.15) is 0 Å². The van der Waals surface area contributed by atoms with Gasteiger partial charge in [0.25, 0.3) is 0 Å². The Kier molecular flexibility index (Phi) is 6.25. The van der Waals surface area contributed by atoms with Crippen molar-refractivity contribution in [3.05, 3.63) is 60.2 Å². The zero-order valence-electron chi connectivity index (χ0n) is 18.0. The number of nitrogens with one attached hydrogen (secondary N) is 1. The molecule has 2 aromatic carbocycles. The van der Waals surface area contributed by atoms with Crippen LogP contribution < -0.4 is 19.5 Å². The van der Waals surface area contributed by atoms with Crippen molar-refractivity contribution in [2.45, 2.75) is 12.6 Å². The molecule has 3 aromatic rings. The number of rotatable bonds is 7. The van der Waals surface area contributed by atoms with Crippen LogP contribution in [0.15, 0.2) is 54.6 Å². The first-order chi connectivity index (χ1) is 15.1. The Hall–Kier alpha value is -3.29. The van der Waals surface area contributed by atoms with Crippen LogP contribution in [0.3, 0.4) is 0 Å². The summed E-state index contributed by atoms with van der Waals surface area (Å²) >= 11 is 0. The number of ether oxygens (including phenoxy) is 3. The lowest BCUT2D eigenvalue weighted by Crippen LogP contribution is -2.32. The molecule has 0 radical (unpaired) electrons. The Bertz CT molecular complexity index is 1040. The third kappa shape index (κ3) is 4.73. The molecule has 0 amide bonds. The minimum absolute atomic E-state index is 0.110. The summed E-state index contributed by atoms with van der Waals surface area (Å²) in [4.78, 5) is 6.82. The molecule has 2 heterocycles. The molecule has 1 aliphatic rings. The minimum atomic E-state index is -0.396. The molecule has 0 fully saturated rings. The highest BCUT2D eigenvalue weighted by atomic mass is 16.6. The molecule has 7 heteroatoms. The number of anilines is 2. The Labute approximate surface area is 182 Å². The molecule has 0 saturated carbocycles. The maximum absolute atomic E-state index is 9.45. The number of aliphatic hydroxyl groups excluding tert-OH is 1. The first-order valence-electron chi connectivity index (χ1n) is 10.2. The van der Waals surface area contributed by atoms with Crippen LogP contribution >= 0.6 is 0 Å². The van der Waals surface area contributed by atoms with Gasteiger partial charge in [0.05, 0.1) is 19.4 Å². The van der Waals surface area contributed by atoms with Gasteiger partial charge in [-0.05, 0) is 56.1 Å². The van der Waals surface area contributed by atoms with E-state index < -0.39 is 6.10 Å². The summed E-state index contributed by atoms with van der Waals surface area (Å²) in [7, 11) is 5.70. The molecule has 4 rings (SSSR count). The van der Waals surface area contributed by atoms with E-state index in [1.807, 2.05) is 42.5 Å². The summed E-state index contributed by atoms with van der Waals surface area (Å²) in [5, 5.41) is 12.8. The molecular formula is C24H27N3O4. The molecule has 31 heavy (non-hydrogen) atoms. The third-order valence-electron chi connectivity index (χ3n) is 4.95. The quantitative estimate of drug-likeness (QED) is 0.602. The molecule has 162 valence electrons. The molecule has 0 bridgehead atoms. The zero-order valence-corrected chi connectivity index (χ0v) is 18.0. The van der Waals surface area contributed by atoms with Crippen LogP contribution in [-0.4, -0.2) is 55.5 Å². The number of aliphatic hydroxyl groups is 1. The fourth-order valence-electron chi connectivity index (χ4n) is 3.48. The first-order valence-corrected chi connectivity index (χ1v) is 10.2. The van der Waals surface area contributed by atoms with E-state index in [9.17, 15) is 5.11 Å². The minimum Gasteiger partial charge on any atom is -0.486 e. The molecular weight excluding hydrogens is 394 g/mol. The third-order valence-corrected chi connectivity index (χ3v) is 4.95. The molecule has 7 nitrogen and oxygen atoms in total. The van der Waals surface area contributed by atoms with Gasteiger partial charge in [-0.1, -0.05) is 18.2 Å². The number of methoxy groups -OCH3 is 1. The van der Waals surface area contributed by atoms with Crippen LogP contribution in [-0.2, 0) is 6.54 Å². The van der Waals surface area contributed by atoms with Crippen LogP contribution in [0.4, 0.5) is 11.4 Å². The zero-order chi connectivity index (χ0) is 21.8.